The number of hydrogen-bond donors (Lipinski definition) is 1. The zero-order valence-corrected chi connectivity index (χ0v) is 11.4. The highest BCUT2D eigenvalue weighted by Gasteiger charge is 2.13. The Kier molecular flexibility index (Phi) is 4.74. The van der Waals surface area contributed by atoms with Gasteiger partial charge in [0.1, 0.15) is 5.82 Å². The summed E-state index contributed by atoms with van der Waals surface area (Å²) >= 11 is 1.36. The maximum Gasteiger partial charge on any atom is 0.293 e. The molecule has 1 fully saturated rings. The van der Waals surface area contributed by atoms with Crippen LogP contribution in [0.5, 0.6) is 5.19 Å². The highest BCUT2D eigenvalue weighted by molar-refractivity contribution is 7.07. The average molecular weight is 255 g/mol. The minimum Gasteiger partial charge on any atom is -0.469 e. The molecule has 0 spiro atoms. The van der Waals surface area contributed by atoms with E-state index in [4.69, 9.17) is 4.74 Å². The van der Waals surface area contributed by atoms with Crippen molar-refractivity contribution >= 4 is 11.5 Å². The van der Waals surface area contributed by atoms with Gasteiger partial charge in [0, 0.05) is 23.5 Å². The maximum atomic E-state index is 5.64. The monoisotopic (exact) mass is 255 g/mol. The Balaban J connectivity index is 1.70. The molecule has 2 heterocycles. The van der Waals surface area contributed by atoms with Crippen LogP contribution in [0.2, 0.25) is 0 Å². The van der Waals surface area contributed by atoms with E-state index in [2.05, 4.69) is 28.5 Å². The molecule has 96 valence electrons. The number of nitrogens with one attached hydrogen (secondary N) is 1. The van der Waals surface area contributed by atoms with E-state index in [0.29, 0.717) is 17.2 Å². The van der Waals surface area contributed by atoms with Crippen molar-refractivity contribution in [2.45, 2.75) is 51.5 Å². The largest absolute Gasteiger partial charge is 0.469 e. The van der Waals surface area contributed by atoms with E-state index in [0.717, 1.165) is 25.4 Å². The number of ether oxygens (including phenoxy) is 1. The molecule has 1 aliphatic heterocycles. The molecule has 2 rings (SSSR count). The average Bonchev–Trinajstić information content (AvgIpc) is 2.79. The van der Waals surface area contributed by atoms with E-state index >= 15 is 0 Å². The Morgan fingerprint density at radius 1 is 1.47 bits per heavy atom. The summed E-state index contributed by atoms with van der Waals surface area (Å²) in [6.07, 6.45) is 4.99. The fourth-order valence-electron chi connectivity index (χ4n) is 1.97. The summed E-state index contributed by atoms with van der Waals surface area (Å²) in [6, 6.07) is 0.626. The molecule has 4 nitrogen and oxygen atoms in total. The van der Waals surface area contributed by atoms with Crippen molar-refractivity contribution in [2.24, 2.45) is 0 Å². The molecule has 1 unspecified atom stereocenters. The van der Waals surface area contributed by atoms with Gasteiger partial charge in [-0.15, -0.1) is 0 Å². The van der Waals surface area contributed by atoms with Gasteiger partial charge in [0.05, 0.1) is 6.61 Å². The van der Waals surface area contributed by atoms with Gasteiger partial charge in [0.25, 0.3) is 5.19 Å². The quantitative estimate of drug-likeness (QED) is 0.878. The van der Waals surface area contributed by atoms with Crippen molar-refractivity contribution in [3.63, 3.8) is 0 Å². The smallest absolute Gasteiger partial charge is 0.293 e. The first-order valence-electron chi connectivity index (χ1n) is 6.45. The van der Waals surface area contributed by atoms with Crippen molar-refractivity contribution in [3.05, 3.63) is 5.82 Å². The summed E-state index contributed by atoms with van der Waals surface area (Å²) in [5.41, 5.74) is 0. The Hall–Kier alpha value is -0.680. The van der Waals surface area contributed by atoms with Gasteiger partial charge in [-0.25, -0.2) is 0 Å². The molecule has 0 aromatic carbocycles. The lowest BCUT2D eigenvalue weighted by atomic mass is 10.0. The molecule has 1 aromatic heterocycles. The molecule has 1 aliphatic rings. The summed E-state index contributed by atoms with van der Waals surface area (Å²) in [5.74, 6) is 1.27. The van der Waals surface area contributed by atoms with Gasteiger partial charge in [-0.05, 0) is 25.8 Å². The van der Waals surface area contributed by atoms with Gasteiger partial charge in [-0.2, -0.15) is 9.36 Å². The van der Waals surface area contributed by atoms with Crippen molar-refractivity contribution in [2.75, 3.05) is 13.2 Å². The first kappa shape index (κ1) is 12.8. The van der Waals surface area contributed by atoms with Gasteiger partial charge in [-0.3, -0.25) is 0 Å². The van der Waals surface area contributed by atoms with E-state index in [1.54, 1.807) is 0 Å². The number of piperidine rings is 1. The maximum absolute atomic E-state index is 5.64. The predicted octanol–water partition coefficient (Wildman–Crippen LogP) is 2.57. The molecular formula is C12H21N3OS. The third-order valence-electron chi connectivity index (χ3n) is 3.04. The van der Waals surface area contributed by atoms with Crippen LogP contribution < -0.4 is 10.1 Å². The van der Waals surface area contributed by atoms with E-state index in [-0.39, 0.29) is 0 Å². The third-order valence-corrected chi connectivity index (χ3v) is 3.69. The zero-order chi connectivity index (χ0) is 12.1. The summed E-state index contributed by atoms with van der Waals surface area (Å²) < 4.78 is 9.92. The lowest BCUT2D eigenvalue weighted by molar-refractivity contribution is 0.267. The second-order valence-corrected chi connectivity index (χ2v) is 5.57. The summed E-state index contributed by atoms with van der Waals surface area (Å²) in [7, 11) is 0. The summed E-state index contributed by atoms with van der Waals surface area (Å²) in [6.45, 7) is 6.08. The van der Waals surface area contributed by atoms with Crippen LogP contribution in [0.25, 0.3) is 0 Å². The summed E-state index contributed by atoms with van der Waals surface area (Å²) in [5, 5.41) is 4.23. The molecular weight excluding hydrogens is 234 g/mol. The number of aromatic nitrogens is 2. The molecule has 1 atom stereocenters. The van der Waals surface area contributed by atoms with Gasteiger partial charge in [0.2, 0.25) is 0 Å². The Morgan fingerprint density at radius 2 is 2.35 bits per heavy atom. The lowest BCUT2D eigenvalue weighted by Gasteiger charge is -2.22. The highest BCUT2D eigenvalue weighted by atomic mass is 32.1. The Morgan fingerprint density at radius 3 is 3.00 bits per heavy atom. The normalized spacial score (nSPS) is 20.8. The molecule has 1 saturated heterocycles. The molecule has 0 saturated carbocycles. The Bertz CT molecular complexity index is 334. The molecule has 17 heavy (non-hydrogen) atoms. The van der Waals surface area contributed by atoms with Crippen LogP contribution in [-0.4, -0.2) is 28.6 Å². The van der Waals surface area contributed by atoms with Crippen LogP contribution in [0, 0.1) is 0 Å². The first-order chi connectivity index (χ1) is 8.25. The SMILES string of the molecule is CC(C)c1nsc(OCCC2CCCCN2)n1. The third kappa shape index (κ3) is 3.92. The standard InChI is InChI=1S/C12H21N3OS/c1-9(2)11-14-12(17-15-11)16-8-6-10-5-3-4-7-13-10/h9-10,13H,3-8H2,1-2H3. The Labute approximate surface area is 107 Å². The van der Waals surface area contributed by atoms with Crippen molar-refractivity contribution in [3.8, 4) is 5.19 Å². The van der Waals surface area contributed by atoms with Crippen LogP contribution >= 0.6 is 11.5 Å². The topological polar surface area (TPSA) is 47.0 Å². The van der Waals surface area contributed by atoms with Crippen LogP contribution in [-0.2, 0) is 0 Å². The highest BCUT2D eigenvalue weighted by Crippen LogP contribution is 2.20. The zero-order valence-electron chi connectivity index (χ0n) is 10.6. The van der Waals surface area contributed by atoms with Crippen LogP contribution in [0.4, 0.5) is 0 Å². The minimum absolute atomic E-state index is 0.378. The van der Waals surface area contributed by atoms with E-state index < -0.39 is 0 Å². The molecule has 0 aliphatic carbocycles. The predicted molar refractivity (Wildman–Crippen MR) is 69.8 cm³/mol. The molecule has 0 bridgehead atoms. The summed E-state index contributed by atoms with van der Waals surface area (Å²) in [4.78, 5) is 4.36. The second kappa shape index (κ2) is 6.31. The van der Waals surface area contributed by atoms with Gasteiger partial charge in [-0.1, -0.05) is 20.3 Å². The lowest BCUT2D eigenvalue weighted by Crippen LogP contribution is -2.35. The van der Waals surface area contributed by atoms with Crippen LogP contribution in [0.3, 0.4) is 0 Å². The van der Waals surface area contributed by atoms with E-state index in [1.807, 2.05) is 0 Å². The van der Waals surface area contributed by atoms with E-state index in [1.165, 1.54) is 30.8 Å². The van der Waals surface area contributed by atoms with Crippen molar-refractivity contribution in [1.82, 2.24) is 14.7 Å². The van der Waals surface area contributed by atoms with Crippen molar-refractivity contribution < 1.29 is 4.74 Å². The van der Waals surface area contributed by atoms with Crippen LogP contribution in [0.1, 0.15) is 51.3 Å². The molecule has 5 heteroatoms. The molecule has 1 N–H and O–H groups in total. The number of hydrogen-bond acceptors (Lipinski definition) is 5. The van der Waals surface area contributed by atoms with Crippen LogP contribution in [0.15, 0.2) is 0 Å². The fraction of sp³-hybridized carbons (Fsp3) is 0.833. The number of rotatable bonds is 5. The van der Waals surface area contributed by atoms with Gasteiger partial charge < -0.3 is 10.1 Å². The molecule has 1 aromatic rings. The molecule has 0 amide bonds. The van der Waals surface area contributed by atoms with Crippen molar-refractivity contribution in [1.29, 1.82) is 0 Å². The number of nitrogens with zero attached hydrogens (tertiary/aromatic N) is 2. The fourth-order valence-corrected chi connectivity index (χ4v) is 2.67. The van der Waals surface area contributed by atoms with Gasteiger partial charge >= 0.3 is 0 Å². The first-order valence-corrected chi connectivity index (χ1v) is 7.23. The van der Waals surface area contributed by atoms with Gasteiger partial charge in [0.15, 0.2) is 0 Å². The van der Waals surface area contributed by atoms with E-state index in [9.17, 15) is 0 Å². The second-order valence-electron chi connectivity index (χ2n) is 4.86. The minimum atomic E-state index is 0.378. The molecule has 0 radical (unpaired) electrons.